The molecule has 2 aromatic rings. The number of nitrogens with zero attached hydrogens (tertiary/aromatic N) is 5. The van der Waals surface area contributed by atoms with Crippen LogP contribution in [0.1, 0.15) is 39.2 Å². The topological polar surface area (TPSA) is 81.9 Å². The average Bonchev–Trinajstić information content (AvgIpc) is 3.24. The average molecular weight is 583 g/mol. The van der Waals surface area contributed by atoms with Crippen molar-refractivity contribution in [3.05, 3.63) is 26.9 Å². The second-order valence-corrected chi connectivity index (χ2v) is 11.4. The SMILES string of the molecule is CN1CCC[C@H]1COc1nc2c(F)c(Br)c(Cl)cc2c(N2CCN(C(=O)OC(C)(C)C)CC2)c1C#N. The Labute approximate surface area is 224 Å². The molecule has 1 aromatic heterocycles. The van der Waals surface area contributed by atoms with Gasteiger partial charge in [0, 0.05) is 37.6 Å². The van der Waals surface area contributed by atoms with Gasteiger partial charge in [0.05, 0.1) is 15.2 Å². The van der Waals surface area contributed by atoms with Crippen LogP contribution in [0.25, 0.3) is 10.9 Å². The minimum atomic E-state index is -0.613. The second kappa shape index (κ2) is 10.6. The number of carbonyl (C=O) groups excluding carboxylic acids is 1. The van der Waals surface area contributed by atoms with Gasteiger partial charge in [-0.2, -0.15) is 5.26 Å². The number of amides is 1. The molecule has 0 N–H and O–H groups in total. The van der Waals surface area contributed by atoms with Crippen molar-refractivity contribution in [3.63, 3.8) is 0 Å². The Morgan fingerprint density at radius 2 is 2.00 bits per heavy atom. The zero-order valence-corrected chi connectivity index (χ0v) is 23.2. The van der Waals surface area contributed by atoms with Crippen LogP contribution in [0.3, 0.4) is 0 Å². The van der Waals surface area contributed by atoms with E-state index in [0.717, 1.165) is 19.4 Å². The Balaban J connectivity index is 1.70. The predicted octanol–water partition coefficient (Wildman–Crippen LogP) is 5.19. The molecule has 0 bridgehead atoms. The Morgan fingerprint density at radius 3 is 2.58 bits per heavy atom. The molecule has 2 fully saturated rings. The molecule has 1 aromatic carbocycles. The molecular weight excluding hydrogens is 553 g/mol. The number of likely N-dealkylation sites (N-methyl/N-ethyl adjacent to an activating group) is 1. The lowest BCUT2D eigenvalue weighted by atomic mass is 10.1. The summed E-state index contributed by atoms with van der Waals surface area (Å²) >= 11 is 9.50. The summed E-state index contributed by atoms with van der Waals surface area (Å²) in [5.41, 5.74) is 0.218. The first-order valence-electron chi connectivity index (χ1n) is 12.0. The highest BCUT2D eigenvalue weighted by Crippen LogP contribution is 2.41. The van der Waals surface area contributed by atoms with E-state index in [4.69, 9.17) is 21.1 Å². The summed E-state index contributed by atoms with van der Waals surface area (Å²) in [6.45, 7) is 8.43. The highest BCUT2D eigenvalue weighted by molar-refractivity contribution is 9.10. The monoisotopic (exact) mass is 581 g/mol. The summed E-state index contributed by atoms with van der Waals surface area (Å²) in [5.74, 6) is -0.513. The Morgan fingerprint density at radius 1 is 1.31 bits per heavy atom. The minimum absolute atomic E-state index is 0.0737. The molecule has 36 heavy (non-hydrogen) atoms. The molecule has 0 radical (unpaired) electrons. The summed E-state index contributed by atoms with van der Waals surface area (Å²) in [5, 5.41) is 10.8. The van der Waals surface area contributed by atoms with Gasteiger partial charge in [0.1, 0.15) is 29.4 Å². The number of nitriles is 1. The van der Waals surface area contributed by atoms with Gasteiger partial charge in [-0.3, -0.25) is 0 Å². The van der Waals surface area contributed by atoms with Crippen LogP contribution >= 0.6 is 27.5 Å². The standard InChI is InChI=1S/C25H30BrClFN5O3/c1-25(2,3)36-24(34)33-10-8-32(9-11-33)22-16-12-18(27)19(26)20(28)21(16)30-23(17(22)13-29)35-14-15-6-5-7-31(15)4/h12,15H,5-11,14H2,1-4H3/t15-/m0/s1. The van der Waals surface area contributed by atoms with Crippen LogP contribution in [0, 0.1) is 17.1 Å². The van der Waals surface area contributed by atoms with E-state index in [1.807, 2.05) is 32.7 Å². The smallest absolute Gasteiger partial charge is 0.410 e. The number of likely N-dealkylation sites (tertiary alicyclic amines) is 1. The lowest BCUT2D eigenvalue weighted by molar-refractivity contribution is 0.0240. The Bertz CT molecular complexity index is 1210. The van der Waals surface area contributed by atoms with E-state index in [0.29, 0.717) is 43.9 Å². The molecule has 11 heteroatoms. The normalized spacial score (nSPS) is 19.0. The summed E-state index contributed by atoms with van der Waals surface area (Å²) in [6, 6.07) is 4.05. The van der Waals surface area contributed by atoms with Crippen molar-refractivity contribution in [2.45, 2.75) is 45.3 Å². The third-order valence-corrected chi connectivity index (χ3v) is 7.80. The third kappa shape index (κ3) is 5.48. The molecule has 3 heterocycles. The molecule has 1 atom stereocenters. The first-order valence-corrected chi connectivity index (χ1v) is 13.1. The van der Waals surface area contributed by atoms with Crippen LogP contribution in [0.2, 0.25) is 5.02 Å². The second-order valence-electron chi connectivity index (χ2n) is 10.2. The largest absolute Gasteiger partial charge is 0.475 e. The molecule has 4 rings (SSSR count). The zero-order chi connectivity index (χ0) is 26.2. The van der Waals surface area contributed by atoms with Gasteiger partial charge < -0.3 is 24.2 Å². The van der Waals surface area contributed by atoms with Gasteiger partial charge in [-0.15, -0.1) is 0 Å². The molecule has 2 aliphatic heterocycles. The van der Waals surface area contributed by atoms with Crippen molar-refractivity contribution < 1.29 is 18.7 Å². The van der Waals surface area contributed by atoms with Gasteiger partial charge in [0.25, 0.3) is 0 Å². The van der Waals surface area contributed by atoms with Crippen molar-refractivity contribution in [1.29, 1.82) is 5.26 Å². The molecule has 194 valence electrons. The minimum Gasteiger partial charge on any atom is -0.475 e. The molecule has 1 amide bonds. The lowest BCUT2D eigenvalue weighted by Crippen LogP contribution is -2.50. The van der Waals surface area contributed by atoms with E-state index >= 15 is 4.39 Å². The van der Waals surface area contributed by atoms with Gasteiger partial charge >= 0.3 is 6.09 Å². The number of pyridine rings is 1. The maximum Gasteiger partial charge on any atom is 0.410 e. The Hall–Kier alpha value is -2.35. The number of ether oxygens (including phenoxy) is 2. The number of anilines is 1. The maximum atomic E-state index is 15.3. The molecular formula is C25H30BrClFN5O3. The zero-order valence-electron chi connectivity index (χ0n) is 20.9. The van der Waals surface area contributed by atoms with Crippen molar-refractivity contribution in [2.24, 2.45) is 0 Å². The summed E-state index contributed by atoms with van der Waals surface area (Å²) in [6.07, 6.45) is 1.68. The van der Waals surface area contributed by atoms with Gasteiger partial charge in [-0.1, -0.05) is 11.6 Å². The maximum absolute atomic E-state index is 15.3. The lowest BCUT2D eigenvalue weighted by Gasteiger charge is -2.37. The number of benzene rings is 1. The van der Waals surface area contributed by atoms with Gasteiger partial charge in [0.15, 0.2) is 5.82 Å². The van der Waals surface area contributed by atoms with E-state index in [9.17, 15) is 10.1 Å². The van der Waals surface area contributed by atoms with Gasteiger partial charge in [-0.25, -0.2) is 14.2 Å². The third-order valence-electron chi connectivity index (χ3n) is 6.50. The fourth-order valence-corrected chi connectivity index (χ4v) is 5.10. The molecule has 0 saturated carbocycles. The molecule has 0 spiro atoms. The summed E-state index contributed by atoms with van der Waals surface area (Å²) in [4.78, 5) is 22.8. The summed E-state index contributed by atoms with van der Waals surface area (Å²) in [7, 11) is 2.04. The molecule has 0 aliphatic carbocycles. The van der Waals surface area contributed by atoms with E-state index in [2.05, 4.69) is 31.9 Å². The van der Waals surface area contributed by atoms with E-state index in [1.54, 1.807) is 11.0 Å². The van der Waals surface area contributed by atoms with Crippen molar-refractivity contribution in [2.75, 3.05) is 51.3 Å². The number of rotatable bonds is 4. The summed E-state index contributed by atoms with van der Waals surface area (Å²) < 4.78 is 27.0. The first-order chi connectivity index (χ1) is 17.0. The highest BCUT2D eigenvalue weighted by atomic mass is 79.9. The molecule has 2 aliphatic rings. The number of halogens is 3. The molecule has 0 unspecified atom stereocenters. The number of fused-ring (bicyclic) bond motifs is 1. The highest BCUT2D eigenvalue weighted by Gasteiger charge is 2.31. The number of carbonyl (C=O) groups is 1. The van der Waals surface area contributed by atoms with Gasteiger partial charge in [0.2, 0.25) is 5.88 Å². The van der Waals surface area contributed by atoms with Crippen LogP contribution in [0.5, 0.6) is 5.88 Å². The number of hydrogen-bond acceptors (Lipinski definition) is 7. The number of aromatic nitrogens is 1. The number of hydrogen-bond donors (Lipinski definition) is 0. The van der Waals surface area contributed by atoms with Crippen molar-refractivity contribution in [1.82, 2.24) is 14.8 Å². The van der Waals surface area contributed by atoms with Crippen molar-refractivity contribution >= 4 is 50.2 Å². The van der Waals surface area contributed by atoms with Crippen LogP contribution in [0.15, 0.2) is 10.5 Å². The number of piperazine rings is 1. The van der Waals surface area contributed by atoms with Crippen LogP contribution in [-0.2, 0) is 4.74 Å². The van der Waals surface area contributed by atoms with E-state index < -0.39 is 11.4 Å². The molecule has 8 nitrogen and oxygen atoms in total. The molecule has 2 saturated heterocycles. The van der Waals surface area contributed by atoms with Crippen molar-refractivity contribution in [3.8, 4) is 11.9 Å². The fraction of sp³-hybridized carbons (Fsp3) is 0.560. The predicted molar refractivity (Wildman–Crippen MR) is 140 cm³/mol. The Kier molecular flexibility index (Phi) is 7.83. The van der Waals surface area contributed by atoms with Crippen LogP contribution in [0.4, 0.5) is 14.9 Å². The van der Waals surface area contributed by atoms with Crippen LogP contribution in [-0.4, -0.2) is 78.9 Å². The quantitative estimate of drug-likeness (QED) is 0.459. The first kappa shape index (κ1) is 26.7. The fourth-order valence-electron chi connectivity index (χ4n) is 4.61. The van der Waals surface area contributed by atoms with E-state index in [-0.39, 0.29) is 38.6 Å². The van der Waals surface area contributed by atoms with E-state index in [1.165, 1.54) is 0 Å². The van der Waals surface area contributed by atoms with Gasteiger partial charge in [-0.05, 0) is 69.2 Å². The van der Waals surface area contributed by atoms with Crippen LogP contribution < -0.4 is 9.64 Å².